The number of ether oxygens (including phenoxy) is 2. The molecule has 0 bridgehead atoms. The van der Waals surface area contributed by atoms with Crippen molar-refractivity contribution in [1.29, 1.82) is 0 Å². The van der Waals surface area contributed by atoms with Gasteiger partial charge in [-0.05, 0) is 61.9 Å². The number of hydrogen-bond donors (Lipinski definition) is 0. The Morgan fingerprint density at radius 3 is 2.32 bits per heavy atom. The van der Waals surface area contributed by atoms with E-state index in [0.29, 0.717) is 6.61 Å². The van der Waals surface area contributed by atoms with E-state index in [-0.39, 0.29) is 5.38 Å². The Morgan fingerprint density at radius 2 is 1.64 bits per heavy atom. The van der Waals surface area contributed by atoms with Crippen molar-refractivity contribution in [2.75, 3.05) is 19.8 Å². The molecule has 2 aromatic rings. The molecule has 0 N–H and O–H groups in total. The summed E-state index contributed by atoms with van der Waals surface area (Å²) in [6, 6.07) is 7.90. The van der Waals surface area contributed by atoms with Crippen molar-refractivity contribution < 1.29 is 9.47 Å². The lowest BCUT2D eigenvalue weighted by Crippen LogP contribution is -2.05. The Kier molecular flexibility index (Phi) is 10.9. The lowest BCUT2D eigenvalue weighted by molar-refractivity contribution is 0.128. The molecule has 28 heavy (non-hydrogen) atoms. The van der Waals surface area contributed by atoms with Crippen LogP contribution in [0.15, 0.2) is 36.7 Å². The summed E-state index contributed by atoms with van der Waals surface area (Å²) in [5.74, 6) is 1.58. The van der Waals surface area contributed by atoms with Crippen LogP contribution in [0.25, 0.3) is 11.4 Å². The first-order chi connectivity index (χ1) is 13.7. The summed E-state index contributed by atoms with van der Waals surface area (Å²) >= 11 is 6.11. The zero-order valence-corrected chi connectivity index (χ0v) is 18.0. The summed E-state index contributed by atoms with van der Waals surface area (Å²) in [6.45, 7) is 6.59. The average molecular weight is 405 g/mol. The molecule has 0 aliphatic heterocycles. The van der Waals surface area contributed by atoms with E-state index in [9.17, 15) is 0 Å². The number of benzene rings is 1. The largest absolute Gasteiger partial charge is 0.494 e. The van der Waals surface area contributed by atoms with E-state index in [1.165, 1.54) is 12.8 Å². The van der Waals surface area contributed by atoms with Crippen LogP contribution in [0.2, 0.25) is 0 Å². The molecule has 154 valence electrons. The van der Waals surface area contributed by atoms with Crippen LogP contribution < -0.4 is 4.74 Å². The van der Waals surface area contributed by atoms with Gasteiger partial charge in [-0.3, -0.25) is 0 Å². The van der Waals surface area contributed by atoms with Gasteiger partial charge in [-0.25, -0.2) is 9.97 Å². The highest BCUT2D eigenvalue weighted by Gasteiger charge is 2.04. The molecule has 0 spiro atoms. The van der Waals surface area contributed by atoms with Crippen molar-refractivity contribution in [3.05, 3.63) is 42.2 Å². The SMILES string of the molecule is CCCCCOCCCc1cnc(-c2ccc(OCCC(Cl)CC)cc2)nc1. The molecule has 0 aliphatic carbocycles. The molecule has 0 saturated carbocycles. The maximum Gasteiger partial charge on any atom is 0.159 e. The topological polar surface area (TPSA) is 44.2 Å². The highest BCUT2D eigenvalue weighted by atomic mass is 35.5. The van der Waals surface area contributed by atoms with Crippen LogP contribution in [-0.4, -0.2) is 35.2 Å². The molecule has 0 saturated heterocycles. The van der Waals surface area contributed by atoms with Crippen LogP contribution in [0.5, 0.6) is 5.75 Å². The number of halogens is 1. The predicted molar refractivity (Wildman–Crippen MR) is 116 cm³/mol. The van der Waals surface area contributed by atoms with Crippen LogP contribution >= 0.6 is 11.6 Å². The average Bonchev–Trinajstić information content (AvgIpc) is 2.74. The van der Waals surface area contributed by atoms with Gasteiger partial charge in [0.2, 0.25) is 0 Å². The van der Waals surface area contributed by atoms with Crippen molar-refractivity contribution in [3.63, 3.8) is 0 Å². The number of aromatic nitrogens is 2. The van der Waals surface area contributed by atoms with Crippen molar-refractivity contribution >= 4 is 11.6 Å². The first-order valence-corrected chi connectivity index (χ1v) is 10.9. The van der Waals surface area contributed by atoms with Crippen LogP contribution in [0.3, 0.4) is 0 Å². The third kappa shape index (κ3) is 8.57. The summed E-state index contributed by atoms with van der Waals surface area (Å²) in [5.41, 5.74) is 2.13. The fourth-order valence-corrected chi connectivity index (χ4v) is 2.87. The van der Waals surface area contributed by atoms with Gasteiger partial charge in [-0.2, -0.15) is 0 Å². The predicted octanol–water partition coefficient (Wildman–Crippen LogP) is 6.07. The Balaban J connectivity index is 1.73. The zero-order chi connectivity index (χ0) is 20.0. The van der Waals surface area contributed by atoms with Gasteiger partial charge in [0.15, 0.2) is 5.82 Å². The van der Waals surface area contributed by atoms with Gasteiger partial charge in [0, 0.05) is 36.5 Å². The summed E-state index contributed by atoms with van der Waals surface area (Å²) < 4.78 is 11.4. The first-order valence-electron chi connectivity index (χ1n) is 10.5. The van der Waals surface area contributed by atoms with E-state index in [4.69, 9.17) is 21.1 Å². The van der Waals surface area contributed by atoms with E-state index in [2.05, 4.69) is 23.8 Å². The summed E-state index contributed by atoms with van der Waals surface area (Å²) in [4.78, 5) is 9.01. The molecule has 1 aromatic carbocycles. The number of alkyl halides is 1. The summed E-state index contributed by atoms with van der Waals surface area (Å²) in [7, 11) is 0. The van der Waals surface area contributed by atoms with E-state index < -0.39 is 0 Å². The van der Waals surface area contributed by atoms with Crippen molar-refractivity contribution in [2.45, 2.75) is 64.2 Å². The molecule has 0 radical (unpaired) electrons. The Hall–Kier alpha value is -1.65. The van der Waals surface area contributed by atoms with Crippen molar-refractivity contribution in [2.24, 2.45) is 0 Å². The minimum atomic E-state index is 0.179. The van der Waals surface area contributed by atoms with Crippen LogP contribution in [0.1, 0.15) is 57.9 Å². The second-order valence-electron chi connectivity index (χ2n) is 7.00. The van der Waals surface area contributed by atoms with E-state index in [1.807, 2.05) is 36.7 Å². The lowest BCUT2D eigenvalue weighted by Gasteiger charge is -2.09. The Labute approximate surface area is 174 Å². The highest BCUT2D eigenvalue weighted by Crippen LogP contribution is 2.20. The van der Waals surface area contributed by atoms with E-state index >= 15 is 0 Å². The molecule has 4 nitrogen and oxygen atoms in total. The van der Waals surface area contributed by atoms with Gasteiger partial charge in [-0.1, -0.05) is 26.7 Å². The van der Waals surface area contributed by atoms with E-state index in [0.717, 1.165) is 68.0 Å². The lowest BCUT2D eigenvalue weighted by atomic mass is 10.1. The minimum Gasteiger partial charge on any atom is -0.494 e. The molecule has 2 rings (SSSR count). The first kappa shape index (κ1) is 22.6. The fraction of sp³-hybridized carbons (Fsp3) is 0.565. The minimum absolute atomic E-state index is 0.179. The summed E-state index contributed by atoms with van der Waals surface area (Å²) in [6.07, 6.45) is 11.2. The third-order valence-electron chi connectivity index (χ3n) is 4.61. The standard InChI is InChI=1S/C23H33ClN2O2/c1-3-5-6-14-27-15-7-8-19-17-25-23(26-18-19)20-9-11-22(12-10-20)28-16-13-21(24)4-2/h9-12,17-18,21H,3-8,13-16H2,1-2H3. The molecule has 1 unspecified atom stereocenters. The maximum absolute atomic E-state index is 6.11. The quantitative estimate of drug-likeness (QED) is 0.283. The molecular formula is C23H33ClN2O2. The second-order valence-corrected chi connectivity index (χ2v) is 7.62. The van der Waals surface area contributed by atoms with Gasteiger partial charge in [-0.15, -0.1) is 11.6 Å². The molecular weight excluding hydrogens is 372 g/mol. The monoisotopic (exact) mass is 404 g/mol. The van der Waals surface area contributed by atoms with Crippen molar-refractivity contribution in [3.8, 4) is 17.1 Å². The maximum atomic E-state index is 6.11. The molecule has 0 aliphatic rings. The molecule has 1 heterocycles. The van der Waals surface area contributed by atoms with Crippen LogP contribution in [0, 0.1) is 0 Å². The summed E-state index contributed by atoms with van der Waals surface area (Å²) in [5, 5.41) is 0.179. The Morgan fingerprint density at radius 1 is 0.929 bits per heavy atom. The third-order valence-corrected chi connectivity index (χ3v) is 5.13. The van der Waals surface area contributed by atoms with Gasteiger partial charge in [0.25, 0.3) is 0 Å². The molecule has 0 amide bonds. The molecule has 0 fully saturated rings. The van der Waals surface area contributed by atoms with Crippen LogP contribution in [0.4, 0.5) is 0 Å². The number of unbranched alkanes of at least 4 members (excludes halogenated alkanes) is 2. The normalized spacial score (nSPS) is 12.1. The van der Waals surface area contributed by atoms with Crippen molar-refractivity contribution in [1.82, 2.24) is 9.97 Å². The smallest absolute Gasteiger partial charge is 0.159 e. The number of rotatable bonds is 14. The zero-order valence-electron chi connectivity index (χ0n) is 17.2. The van der Waals surface area contributed by atoms with Gasteiger partial charge >= 0.3 is 0 Å². The molecule has 5 heteroatoms. The van der Waals surface area contributed by atoms with E-state index in [1.54, 1.807) is 0 Å². The highest BCUT2D eigenvalue weighted by molar-refractivity contribution is 6.20. The number of hydrogen-bond acceptors (Lipinski definition) is 4. The van der Waals surface area contributed by atoms with Gasteiger partial charge < -0.3 is 9.47 Å². The van der Waals surface area contributed by atoms with Gasteiger partial charge in [0.1, 0.15) is 5.75 Å². The second kappa shape index (κ2) is 13.5. The Bertz CT molecular complexity index is 647. The number of aryl methyl sites for hydroxylation is 1. The molecule has 1 atom stereocenters. The molecule has 1 aromatic heterocycles. The van der Waals surface area contributed by atoms with Gasteiger partial charge in [0.05, 0.1) is 6.61 Å². The number of nitrogens with zero attached hydrogens (tertiary/aromatic N) is 2. The fourth-order valence-electron chi connectivity index (χ4n) is 2.78. The van der Waals surface area contributed by atoms with Crippen LogP contribution in [-0.2, 0) is 11.2 Å².